The van der Waals surface area contributed by atoms with E-state index in [1.54, 1.807) is 0 Å². The summed E-state index contributed by atoms with van der Waals surface area (Å²) in [5, 5.41) is 3.22. The highest BCUT2D eigenvalue weighted by molar-refractivity contribution is 5.77. The van der Waals surface area contributed by atoms with Gasteiger partial charge in [0.05, 0.1) is 0 Å². The summed E-state index contributed by atoms with van der Waals surface area (Å²) in [6.07, 6.45) is 1.19. The van der Waals surface area contributed by atoms with Gasteiger partial charge in [0.2, 0.25) is 0 Å². The smallest absolute Gasteiger partial charge is 0.323 e. The molecular weight excluding hydrogens is 202 g/mol. The van der Waals surface area contributed by atoms with Crippen molar-refractivity contribution in [2.75, 3.05) is 6.54 Å². The number of piperidine rings is 1. The maximum atomic E-state index is 11.8. The van der Waals surface area contributed by atoms with Crippen LogP contribution in [0.15, 0.2) is 30.3 Å². The standard InChI is InChI=1S/C13H15NO2/c15-13(12-11-6-10(11)7-14-12)16-8-9-4-2-1-3-5-9/h1-5,10-12,14H,6-8H2/t10-,11-,12+/m0/s1. The zero-order chi connectivity index (χ0) is 11.0. The van der Waals surface area contributed by atoms with Gasteiger partial charge in [-0.3, -0.25) is 4.79 Å². The number of carbonyl (C=O) groups is 1. The molecule has 1 aliphatic carbocycles. The first kappa shape index (κ1) is 9.85. The molecule has 3 nitrogen and oxygen atoms in total. The molecule has 2 fully saturated rings. The van der Waals surface area contributed by atoms with E-state index in [-0.39, 0.29) is 12.0 Å². The molecule has 0 amide bonds. The maximum Gasteiger partial charge on any atom is 0.323 e. The molecule has 1 aromatic rings. The predicted molar refractivity (Wildman–Crippen MR) is 59.6 cm³/mol. The monoisotopic (exact) mass is 217 g/mol. The molecule has 0 radical (unpaired) electrons. The van der Waals surface area contributed by atoms with Crippen molar-refractivity contribution in [2.45, 2.75) is 19.1 Å². The zero-order valence-corrected chi connectivity index (χ0v) is 9.06. The van der Waals surface area contributed by atoms with E-state index in [0.29, 0.717) is 12.5 Å². The third-order valence-corrected chi connectivity index (χ3v) is 3.48. The lowest BCUT2D eigenvalue weighted by Gasteiger charge is -2.12. The Morgan fingerprint density at radius 1 is 1.38 bits per heavy atom. The van der Waals surface area contributed by atoms with Crippen molar-refractivity contribution in [3.05, 3.63) is 35.9 Å². The van der Waals surface area contributed by atoms with Crippen LogP contribution in [0.1, 0.15) is 12.0 Å². The molecule has 3 heteroatoms. The van der Waals surface area contributed by atoms with Gasteiger partial charge in [0.15, 0.2) is 0 Å². The van der Waals surface area contributed by atoms with E-state index in [1.165, 1.54) is 6.42 Å². The summed E-state index contributed by atoms with van der Waals surface area (Å²) in [5.74, 6) is 1.19. The molecule has 0 aromatic heterocycles. The molecule has 1 heterocycles. The molecule has 16 heavy (non-hydrogen) atoms. The van der Waals surface area contributed by atoms with Gasteiger partial charge in [-0.1, -0.05) is 30.3 Å². The van der Waals surface area contributed by atoms with Gasteiger partial charge in [0.1, 0.15) is 12.6 Å². The fourth-order valence-corrected chi connectivity index (χ4v) is 2.42. The van der Waals surface area contributed by atoms with Crippen LogP contribution in [0.4, 0.5) is 0 Å². The van der Waals surface area contributed by atoms with Crippen LogP contribution in [-0.4, -0.2) is 18.6 Å². The SMILES string of the molecule is O=C(OCc1ccccc1)[C@@H]1NC[C@@H]2C[C@@H]21. The predicted octanol–water partition coefficient (Wildman–Crippen LogP) is 1.34. The largest absolute Gasteiger partial charge is 0.460 e. The Hall–Kier alpha value is -1.35. The number of hydrogen-bond donors (Lipinski definition) is 1. The minimum Gasteiger partial charge on any atom is -0.460 e. The minimum atomic E-state index is -0.0890. The average Bonchev–Trinajstić information content (AvgIpc) is 2.99. The summed E-state index contributed by atoms with van der Waals surface area (Å²) in [7, 11) is 0. The Morgan fingerprint density at radius 3 is 2.81 bits per heavy atom. The van der Waals surface area contributed by atoms with Crippen LogP contribution in [0.2, 0.25) is 0 Å². The molecule has 0 spiro atoms. The van der Waals surface area contributed by atoms with Gasteiger partial charge >= 0.3 is 5.97 Å². The Bertz CT molecular complexity index is 390. The molecular formula is C13H15NO2. The van der Waals surface area contributed by atoms with E-state index >= 15 is 0 Å². The van der Waals surface area contributed by atoms with E-state index in [4.69, 9.17) is 4.74 Å². The second-order valence-corrected chi connectivity index (χ2v) is 4.64. The summed E-state index contributed by atoms with van der Waals surface area (Å²) in [4.78, 5) is 11.8. The van der Waals surface area contributed by atoms with Crippen molar-refractivity contribution in [2.24, 2.45) is 11.8 Å². The maximum absolute atomic E-state index is 11.8. The van der Waals surface area contributed by atoms with E-state index in [2.05, 4.69) is 5.32 Å². The molecule has 0 unspecified atom stereocenters. The topological polar surface area (TPSA) is 38.3 Å². The Labute approximate surface area is 94.8 Å². The van der Waals surface area contributed by atoms with Crippen LogP contribution in [0.25, 0.3) is 0 Å². The van der Waals surface area contributed by atoms with Gasteiger partial charge < -0.3 is 10.1 Å². The third kappa shape index (κ3) is 1.83. The van der Waals surface area contributed by atoms with Crippen LogP contribution in [0.3, 0.4) is 0 Å². The second kappa shape index (κ2) is 3.91. The van der Waals surface area contributed by atoms with Crippen molar-refractivity contribution >= 4 is 5.97 Å². The van der Waals surface area contributed by atoms with Gasteiger partial charge in [-0.05, 0) is 30.4 Å². The van der Waals surface area contributed by atoms with Crippen molar-refractivity contribution in [3.8, 4) is 0 Å². The average molecular weight is 217 g/mol. The number of nitrogens with one attached hydrogen (secondary N) is 1. The summed E-state index contributed by atoms with van der Waals surface area (Å²) in [6, 6.07) is 9.75. The second-order valence-electron chi connectivity index (χ2n) is 4.64. The highest BCUT2D eigenvalue weighted by Gasteiger charge is 2.51. The molecule has 1 N–H and O–H groups in total. The molecule has 1 saturated carbocycles. The van der Waals surface area contributed by atoms with Crippen LogP contribution >= 0.6 is 0 Å². The van der Waals surface area contributed by atoms with Crippen molar-refractivity contribution in [1.82, 2.24) is 5.32 Å². The van der Waals surface area contributed by atoms with Gasteiger partial charge in [-0.15, -0.1) is 0 Å². The van der Waals surface area contributed by atoms with Crippen LogP contribution in [0, 0.1) is 11.8 Å². The van der Waals surface area contributed by atoms with Crippen LogP contribution < -0.4 is 5.32 Å². The highest BCUT2D eigenvalue weighted by Crippen LogP contribution is 2.45. The number of hydrogen-bond acceptors (Lipinski definition) is 3. The zero-order valence-electron chi connectivity index (χ0n) is 9.06. The number of carbonyl (C=O) groups excluding carboxylic acids is 1. The third-order valence-electron chi connectivity index (χ3n) is 3.48. The fraction of sp³-hybridized carbons (Fsp3) is 0.462. The van der Waals surface area contributed by atoms with Gasteiger partial charge in [0, 0.05) is 0 Å². The Morgan fingerprint density at radius 2 is 2.19 bits per heavy atom. The summed E-state index contributed by atoms with van der Waals surface area (Å²) in [5.41, 5.74) is 1.04. The van der Waals surface area contributed by atoms with Crippen LogP contribution in [0.5, 0.6) is 0 Å². The molecule has 0 bridgehead atoms. The lowest BCUT2D eigenvalue weighted by molar-refractivity contribution is -0.147. The Kier molecular flexibility index (Phi) is 2.40. The van der Waals surface area contributed by atoms with E-state index in [9.17, 15) is 4.79 Å². The van der Waals surface area contributed by atoms with Crippen molar-refractivity contribution in [1.29, 1.82) is 0 Å². The van der Waals surface area contributed by atoms with E-state index in [1.807, 2.05) is 30.3 Å². The van der Waals surface area contributed by atoms with Gasteiger partial charge in [0.25, 0.3) is 0 Å². The molecule has 2 aliphatic rings. The van der Waals surface area contributed by atoms with Gasteiger partial charge in [-0.25, -0.2) is 0 Å². The first-order valence-corrected chi connectivity index (χ1v) is 5.78. The van der Waals surface area contributed by atoms with Crippen molar-refractivity contribution in [3.63, 3.8) is 0 Å². The lowest BCUT2D eigenvalue weighted by Crippen LogP contribution is -2.35. The van der Waals surface area contributed by atoms with Crippen molar-refractivity contribution < 1.29 is 9.53 Å². The first-order valence-electron chi connectivity index (χ1n) is 5.78. The molecule has 1 aliphatic heterocycles. The molecule has 1 saturated heterocycles. The quantitative estimate of drug-likeness (QED) is 0.776. The normalized spacial score (nSPS) is 30.9. The first-order chi connectivity index (χ1) is 7.84. The molecule has 3 rings (SSSR count). The summed E-state index contributed by atoms with van der Waals surface area (Å²) < 4.78 is 5.31. The summed E-state index contributed by atoms with van der Waals surface area (Å²) >= 11 is 0. The summed E-state index contributed by atoms with van der Waals surface area (Å²) in [6.45, 7) is 1.37. The number of esters is 1. The number of fused-ring (bicyclic) bond motifs is 1. The van der Waals surface area contributed by atoms with E-state index in [0.717, 1.165) is 18.0 Å². The molecule has 84 valence electrons. The Balaban J connectivity index is 1.53. The van der Waals surface area contributed by atoms with Crippen LogP contribution in [-0.2, 0) is 16.1 Å². The number of benzene rings is 1. The number of ether oxygens (including phenoxy) is 1. The molecule has 3 atom stereocenters. The highest BCUT2D eigenvalue weighted by atomic mass is 16.5. The van der Waals surface area contributed by atoms with E-state index < -0.39 is 0 Å². The lowest BCUT2D eigenvalue weighted by atomic mass is 10.2. The minimum absolute atomic E-state index is 0.0475. The molecule has 1 aromatic carbocycles. The fourth-order valence-electron chi connectivity index (χ4n) is 2.42. The van der Waals surface area contributed by atoms with Gasteiger partial charge in [-0.2, -0.15) is 0 Å². The number of rotatable bonds is 3.